The number of aromatic hydroxyl groups is 1. The Morgan fingerprint density at radius 2 is 2.24 bits per heavy atom. The van der Waals surface area contributed by atoms with Gasteiger partial charge in [0.05, 0.1) is 25.8 Å². The van der Waals surface area contributed by atoms with Crippen LogP contribution in [0.1, 0.15) is 21.5 Å². The smallest absolute Gasteiger partial charge is 0.254 e. The predicted molar refractivity (Wildman–Crippen MR) is 61.2 cm³/mol. The molecule has 0 saturated heterocycles. The molecule has 0 aliphatic carbocycles. The number of carbonyl (C=O) groups is 1. The molecule has 5 heteroatoms. The minimum atomic E-state index is -0.178. The van der Waals surface area contributed by atoms with Gasteiger partial charge >= 0.3 is 0 Å². The molecular formula is C12H15NO4. The highest BCUT2D eigenvalue weighted by Gasteiger charge is 2.31. The molecule has 1 heterocycles. The molecule has 0 fully saturated rings. The number of nitrogens with zero attached hydrogens (tertiary/aromatic N) is 1. The normalized spacial score (nSPS) is 14.1. The summed E-state index contributed by atoms with van der Waals surface area (Å²) in [6, 6.07) is 1.47. The molecule has 0 spiro atoms. The first-order valence-corrected chi connectivity index (χ1v) is 5.39. The first-order chi connectivity index (χ1) is 8.10. The number of carbonyl (C=O) groups excluding carboxylic acids is 1. The summed E-state index contributed by atoms with van der Waals surface area (Å²) in [7, 11) is 1.52. The lowest BCUT2D eigenvalue weighted by atomic mass is 10.0. The molecule has 0 bridgehead atoms. The summed E-state index contributed by atoms with van der Waals surface area (Å²) in [6.07, 6.45) is 0. The van der Waals surface area contributed by atoms with Gasteiger partial charge in [0.15, 0.2) is 0 Å². The summed E-state index contributed by atoms with van der Waals surface area (Å²) >= 11 is 0. The van der Waals surface area contributed by atoms with Crippen LogP contribution in [0.4, 0.5) is 0 Å². The van der Waals surface area contributed by atoms with Gasteiger partial charge in [0, 0.05) is 17.7 Å². The van der Waals surface area contributed by atoms with E-state index < -0.39 is 0 Å². The van der Waals surface area contributed by atoms with Crippen molar-refractivity contribution in [2.75, 3.05) is 20.3 Å². The fraction of sp³-hybridized carbons (Fsp3) is 0.417. The van der Waals surface area contributed by atoms with Gasteiger partial charge in [-0.25, -0.2) is 0 Å². The van der Waals surface area contributed by atoms with Crippen LogP contribution in [0.5, 0.6) is 11.5 Å². The van der Waals surface area contributed by atoms with Crippen LogP contribution in [-0.4, -0.2) is 41.3 Å². The van der Waals surface area contributed by atoms with E-state index in [1.807, 2.05) is 0 Å². The first kappa shape index (κ1) is 11.7. The summed E-state index contributed by atoms with van der Waals surface area (Å²) in [4.78, 5) is 13.5. The standard InChI is InChI=1S/C12H15NO4/c1-7-10(15)5-8-9(11(7)17-2)6-13(3-4-14)12(8)16/h5,14-15H,3-4,6H2,1-2H3. The highest BCUT2D eigenvalue weighted by molar-refractivity contribution is 6.00. The van der Waals surface area contributed by atoms with Crippen molar-refractivity contribution in [1.29, 1.82) is 0 Å². The summed E-state index contributed by atoms with van der Waals surface area (Å²) in [5.41, 5.74) is 1.87. The predicted octanol–water partition coefficient (Wildman–Crippen LogP) is 0.657. The van der Waals surface area contributed by atoms with E-state index in [0.717, 1.165) is 5.56 Å². The molecule has 0 saturated carbocycles. The molecule has 1 aliphatic heterocycles. The summed E-state index contributed by atoms with van der Waals surface area (Å²) in [6.45, 7) is 2.37. The average molecular weight is 237 g/mol. The van der Waals surface area contributed by atoms with Gasteiger partial charge in [-0.15, -0.1) is 0 Å². The molecule has 1 aromatic carbocycles. The highest BCUT2D eigenvalue weighted by atomic mass is 16.5. The summed E-state index contributed by atoms with van der Waals surface area (Å²) in [5, 5.41) is 18.6. The Bertz CT molecular complexity index is 470. The number of aliphatic hydroxyl groups is 1. The molecule has 1 aromatic rings. The van der Waals surface area contributed by atoms with Gasteiger partial charge in [-0.1, -0.05) is 0 Å². The van der Waals surface area contributed by atoms with Crippen LogP contribution in [0.15, 0.2) is 6.07 Å². The lowest BCUT2D eigenvalue weighted by molar-refractivity contribution is 0.0745. The van der Waals surface area contributed by atoms with E-state index in [9.17, 15) is 9.90 Å². The van der Waals surface area contributed by atoms with Crippen LogP contribution in [0.25, 0.3) is 0 Å². The van der Waals surface area contributed by atoms with Gasteiger partial charge in [0.2, 0.25) is 0 Å². The number of aliphatic hydroxyl groups excluding tert-OH is 1. The van der Waals surface area contributed by atoms with Gasteiger partial charge < -0.3 is 19.8 Å². The fourth-order valence-corrected chi connectivity index (χ4v) is 2.16. The van der Waals surface area contributed by atoms with Crippen molar-refractivity contribution in [3.8, 4) is 11.5 Å². The van der Waals surface area contributed by atoms with Gasteiger partial charge in [-0.05, 0) is 13.0 Å². The Kier molecular flexibility index (Phi) is 2.93. The number of fused-ring (bicyclic) bond motifs is 1. The fourth-order valence-electron chi connectivity index (χ4n) is 2.16. The van der Waals surface area contributed by atoms with Gasteiger partial charge in [0.1, 0.15) is 11.5 Å². The molecule has 0 unspecified atom stereocenters. The SMILES string of the molecule is COc1c(C)c(O)cc2c1CN(CCO)C2=O. The zero-order valence-corrected chi connectivity index (χ0v) is 9.86. The Morgan fingerprint density at radius 3 is 2.82 bits per heavy atom. The van der Waals surface area contributed by atoms with Gasteiger partial charge in [-0.2, -0.15) is 0 Å². The second-order valence-corrected chi connectivity index (χ2v) is 4.03. The zero-order chi connectivity index (χ0) is 12.6. The van der Waals surface area contributed by atoms with Crippen molar-refractivity contribution in [2.45, 2.75) is 13.5 Å². The van der Waals surface area contributed by atoms with E-state index in [-0.39, 0.29) is 24.8 Å². The lowest BCUT2D eigenvalue weighted by Crippen LogP contribution is -2.26. The van der Waals surface area contributed by atoms with E-state index in [4.69, 9.17) is 9.84 Å². The van der Waals surface area contributed by atoms with E-state index in [0.29, 0.717) is 23.4 Å². The molecule has 2 N–H and O–H groups in total. The number of hydrogen-bond acceptors (Lipinski definition) is 4. The summed E-state index contributed by atoms with van der Waals surface area (Å²) < 4.78 is 5.24. The minimum Gasteiger partial charge on any atom is -0.508 e. The number of hydrogen-bond donors (Lipinski definition) is 2. The number of phenols is 1. The van der Waals surface area contributed by atoms with Crippen molar-refractivity contribution in [1.82, 2.24) is 4.90 Å². The Balaban J connectivity index is 2.50. The average Bonchev–Trinajstić information content (AvgIpc) is 2.59. The maximum Gasteiger partial charge on any atom is 0.254 e. The number of methoxy groups -OCH3 is 1. The van der Waals surface area contributed by atoms with E-state index in [2.05, 4.69) is 0 Å². The Labute approximate surface area is 99.2 Å². The van der Waals surface area contributed by atoms with Crippen LogP contribution in [-0.2, 0) is 6.54 Å². The lowest BCUT2D eigenvalue weighted by Gasteiger charge is -2.13. The van der Waals surface area contributed by atoms with E-state index >= 15 is 0 Å². The molecule has 1 amide bonds. The Morgan fingerprint density at radius 1 is 1.53 bits per heavy atom. The second kappa shape index (κ2) is 4.25. The minimum absolute atomic E-state index is 0.0554. The number of phenolic OH excluding ortho intramolecular Hbond substituents is 1. The van der Waals surface area contributed by atoms with Crippen LogP contribution < -0.4 is 4.74 Å². The largest absolute Gasteiger partial charge is 0.508 e. The van der Waals surface area contributed by atoms with Crippen molar-refractivity contribution in [3.05, 3.63) is 22.8 Å². The number of rotatable bonds is 3. The third-order valence-electron chi connectivity index (χ3n) is 3.05. The molecule has 0 radical (unpaired) electrons. The number of benzene rings is 1. The monoisotopic (exact) mass is 237 g/mol. The third kappa shape index (κ3) is 1.72. The maximum atomic E-state index is 12.0. The van der Waals surface area contributed by atoms with Crippen molar-refractivity contribution < 1.29 is 19.7 Å². The Hall–Kier alpha value is -1.75. The third-order valence-corrected chi connectivity index (χ3v) is 3.05. The van der Waals surface area contributed by atoms with E-state index in [1.54, 1.807) is 6.92 Å². The number of ether oxygens (including phenoxy) is 1. The topological polar surface area (TPSA) is 70.0 Å². The molecule has 0 aromatic heterocycles. The van der Waals surface area contributed by atoms with E-state index in [1.165, 1.54) is 18.1 Å². The molecule has 92 valence electrons. The second-order valence-electron chi connectivity index (χ2n) is 4.03. The van der Waals surface area contributed by atoms with Crippen molar-refractivity contribution in [2.24, 2.45) is 0 Å². The van der Waals surface area contributed by atoms with Crippen LogP contribution in [0.2, 0.25) is 0 Å². The zero-order valence-electron chi connectivity index (χ0n) is 9.86. The molecule has 5 nitrogen and oxygen atoms in total. The molecule has 1 aliphatic rings. The molecule has 0 atom stereocenters. The highest BCUT2D eigenvalue weighted by Crippen LogP contribution is 2.38. The quantitative estimate of drug-likeness (QED) is 0.810. The summed E-state index contributed by atoms with van der Waals surface area (Å²) in [5.74, 6) is 0.427. The number of β-amino-alcohol motifs (C(OH)–C–C–N with tert-alkyl or cyclic N) is 1. The van der Waals surface area contributed by atoms with Gasteiger partial charge in [0.25, 0.3) is 5.91 Å². The molecular weight excluding hydrogens is 222 g/mol. The maximum absolute atomic E-state index is 12.0. The van der Waals surface area contributed by atoms with Crippen LogP contribution in [0, 0.1) is 6.92 Å². The molecule has 17 heavy (non-hydrogen) atoms. The van der Waals surface area contributed by atoms with Crippen LogP contribution >= 0.6 is 0 Å². The molecule has 2 rings (SSSR count). The first-order valence-electron chi connectivity index (χ1n) is 5.39. The van der Waals surface area contributed by atoms with Crippen LogP contribution in [0.3, 0.4) is 0 Å². The van der Waals surface area contributed by atoms with Crippen molar-refractivity contribution in [3.63, 3.8) is 0 Å². The number of amides is 1. The van der Waals surface area contributed by atoms with Gasteiger partial charge in [-0.3, -0.25) is 4.79 Å². The van der Waals surface area contributed by atoms with Crippen molar-refractivity contribution >= 4 is 5.91 Å².